The Bertz CT molecular complexity index is 391. The third kappa shape index (κ3) is 5.75. The molecule has 4 nitrogen and oxygen atoms in total. The first kappa shape index (κ1) is 19.2. The molecule has 0 N–H and O–H groups in total. The van der Waals surface area contributed by atoms with E-state index >= 15 is 0 Å². The Morgan fingerprint density at radius 1 is 1.27 bits per heavy atom. The van der Waals surface area contributed by atoms with Gasteiger partial charge in [-0.15, -0.1) is 0 Å². The summed E-state index contributed by atoms with van der Waals surface area (Å²) in [5.74, 6) is 0.668. The molecule has 1 saturated carbocycles. The molecule has 1 fully saturated rings. The van der Waals surface area contributed by atoms with Crippen LogP contribution in [0.4, 0.5) is 0 Å². The van der Waals surface area contributed by atoms with Gasteiger partial charge in [0.15, 0.2) is 0 Å². The van der Waals surface area contributed by atoms with Crippen LogP contribution in [0.3, 0.4) is 0 Å². The fourth-order valence-electron chi connectivity index (χ4n) is 3.06. The minimum Gasteiger partial charge on any atom is -0.396 e. The lowest BCUT2D eigenvalue weighted by molar-refractivity contribution is -0.134. The van der Waals surface area contributed by atoms with Crippen molar-refractivity contribution in [3.8, 4) is 0 Å². The summed E-state index contributed by atoms with van der Waals surface area (Å²) in [4.78, 5) is 30.0. The number of thioether (sulfide) groups is 1. The molecule has 1 rings (SSSR count). The van der Waals surface area contributed by atoms with Crippen LogP contribution < -0.4 is 0 Å². The largest absolute Gasteiger partial charge is 0.396 e. The van der Waals surface area contributed by atoms with E-state index in [2.05, 4.69) is 19.0 Å². The molecule has 0 heterocycles. The summed E-state index contributed by atoms with van der Waals surface area (Å²) in [6, 6.07) is 0. The highest BCUT2D eigenvalue weighted by molar-refractivity contribution is 7.99. The summed E-state index contributed by atoms with van der Waals surface area (Å²) < 4.78 is 0. The Morgan fingerprint density at radius 2 is 1.91 bits per heavy atom. The molecular formula is C17H29NO3S. The second kappa shape index (κ2) is 10.0. The van der Waals surface area contributed by atoms with Gasteiger partial charge in [-0.2, -0.15) is 11.8 Å². The number of nitrogens with zero attached hydrogens (tertiary/aromatic N) is 1. The molecule has 0 spiro atoms. The van der Waals surface area contributed by atoms with E-state index in [4.69, 9.17) is 4.84 Å². The van der Waals surface area contributed by atoms with Gasteiger partial charge in [-0.25, -0.2) is 0 Å². The number of rotatable bonds is 9. The Morgan fingerprint density at radius 3 is 2.41 bits per heavy atom. The number of oxime groups is 1. The van der Waals surface area contributed by atoms with Gasteiger partial charge in [0, 0.05) is 18.1 Å². The fourth-order valence-corrected chi connectivity index (χ4v) is 4.04. The molecule has 1 atom stereocenters. The van der Waals surface area contributed by atoms with E-state index in [9.17, 15) is 9.59 Å². The molecule has 5 heteroatoms. The minimum atomic E-state index is -0.656. The highest BCUT2D eigenvalue weighted by Crippen LogP contribution is 2.31. The predicted molar refractivity (Wildman–Crippen MR) is 92.4 cm³/mol. The van der Waals surface area contributed by atoms with E-state index in [-0.39, 0.29) is 17.5 Å². The van der Waals surface area contributed by atoms with Crippen LogP contribution >= 0.6 is 11.8 Å². The lowest BCUT2D eigenvalue weighted by atomic mass is 9.75. The summed E-state index contributed by atoms with van der Waals surface area (Å²) in [6.45, 7) is 8.63. The number of carbonyl (C=O) groups is 2. The quantitative estimate of drug-likeness (QED) is 0.366. The van der Waals surface area contributed by atoms with Gasteiger partial charge in [0.05, 0.1) is 5.71 Å². The molecule has 0 bridgehead atoms. The van der Waals surface area contributed by atoms with Crippen molar-refractivity contribution in [3.63, 3.8) is 0 Å². The normalized spacial score (nSPS) is 24.5. The van der Waals surface area contributed by atoms with Crippen molar-refractivity contribution < 1.29 is 14.4 Å². The Kier molecular flexibility index (Phi) is 8.76. The summed E-state index contributed by atoms with van der Waals surface area (Å²) in [5, 5.41) is 4.54. The van der Waals surface area contributed by atoms with E-state index in [0.29, 0.717) is 36.8 Å². The van der Waals surface area contributed by atoms with Crippen molar-refractivity contribution in [3.05, 3.63) is 0 Å². The first-order valence-electron chi connectivity index (χ1n) is 8.39. The second-order valence-corrected chi connectivity index (χ2v) is 7.61. The van der Waals surface area contributed by atoms with E-state index in [1.54, 1.807) is 0 Å². The maximum atomic E-state index is 12.5. The standard InChI is InChI=1S/C17H29NO3S/c1-5-8-14(18-21-6-2)17-15(19)10-13(11-16(17)20)9-12(4)22-7-3/h12-13,17H,5-11H2,1-4H3/b18-14+/t12-,13?,17?/m0/s1. The van der Waals surface area contributed by atoms with Gasteiger partial charge in [0.1, 0.15) is 24.1 Å². The summed E-state index contributed by atoms with van der Waals surface area (Å²) in [7, 11) is 0. The average molecular weight is 327 g/mol. The third-order valence-electron chi connectivity index (χ3n) is 3.89. The van der Waals surface area contributed by atoms with Gasteiger partial charge in [0.25, 0.3) is 0 Å². The number of Topliss-reactive ketones (excluding diaryl/α,β-unsaturated/α-hetero) is 2. The van der Waals surface area contributed by atoms with Crippen molar-refractivity contribution in [2.45, 2.75) is 65.0 Å². The van der Waals surface area contributed by atoms with Crippen LogP contribution in [0.25, 0.3) is 0 Å². The average Bonchev–Trinajstić information content (AvgIpc) is 2.44. The molecule has 0 amide bonds. The van der Waals surface area contributed by atoms with Crippen LogP contribution in [-0.4, -0.2) is 34.9 Å². The minimum absolute atomic E-state index is 0.0295. The topological polar surface area (TPSA) is 55.7 Å². The Labute approximate surface area is 138 Å². The maximum Gasteiger partial charge on any atom is 0.149 e. The van der Waals surface area contributed by atoms with Crippen LogP contribution in [0.1, 0.15) is 59.8 Å². The van der Waals surface area contributed by atoms with Gasteiger partial charge in [0.2, 0.25) is 0 Å². The van der Waals surface area contributed by atoms with Crippen molar-refractivity contribution in [1.29, 1.82) is 0 Å². The molecule has 0 aromatic carbocycles. The van der Waals surface area contributed by atoms with Crippen LogP contribution in [0.2, 0.25) is 0 Å². The highest BCUT2D eigenvalue weighted by Gasteiger charge is 2.38. The molecule has 0 saturated heterocycles. The zero-order valence-corrected chi connectivity index (χ0v) is 15.1. The summed E-state index contributed by atoms with van der Waals surface area (Å²) >= 11 is 1.89. The van der Waals surface area contributed by atoms with Crippen molar-refractivity contribution in [2.75, 3.05) is 12.4 Å². The molecule has 0 aromatic rings. The lowest BCUT2D eigenvalue weighted by Crippen LogP contribution is -2.39. The second-order valence-electron chi connectivity index (χ2n) is 5.89. The van der Waals surface area contributed by atoms with Crippen molar-refractivity contribution in [1.82, 2.24) is 0 Å². The van der Waals surface area contributed by atoms with Gasteiger partial charge in [-0.05, 0) is 31.4 Å². The molecule has 126 valence electrons. The lowest BCUT2D eigenvalue weighted by Gasteiger charge is -2.28. The van der Waals surface area contributed by atoms with Gasteiger partial charge < -0.3 is 4.84 Å². The van der Waals surface area contributed by atoms with E-state index in [0.717, 1.165) is 18.6 Å². The Hall–Kier alpha value is -0.840. The monoisotopic (exact) mass is 327 g/mol. The van der Waals surface area contributed by atoms with Crippen LogP contribution in [0, 0.1) is 11.8 Å². The van der Waals surface area contributed by atoms with Crippen LogP contribution in [-0.2, 0) is 14.4 Å². The summed E-state index contributed by atoms with van der Waals surface area (Å²) in [5.41, 5.74) is 0.619. The molecule has 0 radical (unpaired) electrons. The molecule has 1 aliphatic rings. The van der Waals surface area contributed by atoms with Crippen molar-refractivity contribution in [2.24, 2.45) is 17.0 Å². The molecule has 0 aliphatic heterocycles. The van der Waals surface area contributed by atoms with Crippen LogP contribution in [0.5, 0.6) is 0 Å². The smallest absolute Gasteiger partial charge is 0.149 e. The zero-order valence-electron chi connectivity index (χ0n) is 14.3. The van der Waals surface area contributed by atoms with E-state index in [1.807, 2.05) is 25.6 Å². The maximum absolute atomic E-state index is 12.5. The SMILES string of the molecule is CCC/C(=N\OCC)C1C(=O)CC(C[C@H](C)SCC)CC1=O. The molecule has 0 unspecified atom stereocenters. The van der Waals surface area contributed by atoms with E-state index in [1.165, 1.54) is 0 Å². The molecule has 22 heavy (non-hydrogen) atoms. The van der Waals surface area contributed by atoms with E-state index < -0.39 is 5.92 Å². The number of ketones is 2. The molecule has 0 aromatic heterocycles. The zero-order chi connectivity index (χ0) is 16.5. The fraction of sp³-hybridized carbons (Fsp3) is 0.824. The Balaban J connectivity index is 2.73. The third-order valence-corrected chi connectivity index (χ3v) is 4.99. The van der Waals surface area contributed by atoms with Gasteiger partial charge in [-0.1, -0.05) is 32.3 Å². The van der Waals surface area contributed by atoms with Gasteiger partial charge >= 0.3 is 0 Å². The number of hydrogen-bond donors (Lipinski definition) is 0. The molecular weight excluding hydrogens is 298 g/mol. The first-order chi connectivity index (χ1) is 10.5. The molecule has 1 aliphatic carbocycles. The predicted octanol–water partition coefficient (Wildman–Crippen LogP) is 3.88. The highest BCUT2D eigenvalue weighted by atomic mass is 32.2. The summed E-state index contributed by atoms with van der Waals surface area (Å²) in [6.07, 6.45) is 3.44. The number of carbonyl (C=O) groups excluding carboxylic acids is 2. The number of hydrogen-bond acceptors (Lipinski definition) is 5. The van der Waals surface area contributed by atoms with Crippen LogP contribution in [0.15, 0.2) is 5.16 Å². The van der Waals surface area contributed by atoms with Crippen molar-refractivity contribution >= 4 is 29.0 Å². The first-order valence-corrected chi connectivity index (χ1v) is 9.43. The van der Waals surface area contributed by atoms with Gasteiger partial charge in [-0.3, -0.25) is 9.59 Å².